The van der Waals surface area contributed by atoms with E-state index in [0.29, 0.717) is 23.5 Å². The minimum Gasteiger partial charge on any atom is -0.431 e. The van der Waals surface area contributed by atoms with Gasteiger partial charge in [-0.3, -0.25) is 4.79 Å². The van der Waals surface area contributed by atoms with Crippen LogP contribution in [0.5, 0.6) is 0 Å². The second-order valence-electron chi connectivity index (χ2n) is 6.46. The van der Waals surface area contributed by atoms with Crippen molar-refractivity contribution in [3.8, 4) is 22.6 Å². The Balaban J connectivity index is 0.000000465. The summed E-state index contributed by atoms with van der Waals surface area (Å²) in [7, 11) is 0. The lowest BCUT2D eigenvalue weighted by molar-refractivity contribution is -0.114. The first-order valence-corrected chi connectivity index (χ1v) is 9.84. The molecule has 5 heteroatoms. The minimum absolute atomic E-state index is 0.103. The first kappa shape index (κ1) is 20.9. The van der Waals surface area contributed by atoms with E-state index in [1.54, 1.807) is 6.92 Å². The normalized spacial score (nSPS) is 10.4. The molecular weight excluding hydrogens is 358 g/mol. The van der Waals surface area contributed by atoms with Gasteiger partial charge < -0.3 is 9.52 Å². The molecule has 0 radical (unpaired) electrons. The molecule has 2 aromatic carbocycles. The third kappa shape index (κ3) is 6.70. The summed E-state index contributed by atoms with van der Waals surface area (Å²) in [5.41, 5.74) is 2.78. The molecule has 27 heavy (non-hydrogen) atoms. The van der Waals surface area contributed by atoms with Crippen LogP contribution in [0, 0.1) is 5.92 Å². The molecule has 0 amide bonds. The molecule has 0 unspecified atom stereocenters. The molecule has 1 N–H and O–H groups in total. The van der Waals surface area contributed by atoms with Gasteiger partial charge in [0.25, 0.3) is 5.22 Å². The topological polar surface area (TPSA) is 63.3 Å². The highest BCUT2D eigenvalue weighted by Gasteiger charge is 2.17. The van der Waals surface area contributed by atoms with Crippen molar-refractivity contribution < 1.29 is 14.3 Å². The highest BCUT2D eigenvalue weighted by Crippen LogP contribution is 2.35. The van der Waals surface area contributed by atoms with Gasteiger partial charge >= 0.3 is 0 Å². The van der Waals surface area contributed by atoms with Gasteiger partial charge in [0.15, 0.2) is 5.76 Å². The molecule has 1 aromatic heterocycles. The quantitative estimate of drug-likeness (QED) is 0.583. The van der Waals surface area contributed by atoms with Crippen molar-refractivity contribution in [1.29, 1.82) is 0 Å². The van der Waals surface area contributed by atoms with E-state index in [2.05, 4.69) is 4.98 Å². The SMILES string of the molecule is CC(=O)CSc1nc(-c2ccccc2)c(-c2ccccc2)o1.CC(C)CO. The Bertz CT molecular complexity index is 772. The number of thioether (sulfide) groups is 1. The zero-order valence-corrected chi connectivity index (χ0v) is 16.7. The Morgan fingerprint density at radius 2 is 1.56 bits per heavy atom. The highest BCUT2D eigenvalue weighted by atomic mass is 32.2. The lowest BCUT2D eigenvalue weighted by Crippen LogP contribution is -1.92. The summed E-state index contributed by atoms with van der Waals surface area (Å²) >= 11 is 1.33. The van der Waals surface area contributed by atoms with Crippen LogP contribution in [0.1, 0.15) is 20.8 Å². The van der Waals surface area contributed by atoms with Crippen LogP contribution in [0.15, 0.2) is 70.3 Å². The Hall–Kier alpha value is -2.37. The van der Waals surface area contributed by atoms with E-state index in [9.17, 15) is 4.79 Å². The second kappa shape index (κ2) is 10.7. The number of ketones is 1. The van der Waals surface area contributed by atoms with E-state index in [0.717, 1.165) is 22.6 Å². The van der Waals surface area contributed by atoms with Gasteiger partial charge in [0, 0.05) is 17.7 Å². The van der Waals surface area contributed by atoms with Crippen LogP contribution in [0.2, 0.25) is 0 Å². The third-order valence-corrected chi connectivity index (χ3v) is 4.43. The lowest BCUT2D eigenvalue weighted by atomic mass is 10.1. The molecule has 0 spiro atoms. The van der Waals surface area contributed by atoms with Crippen LogP contribution in [0.25, 0.3) is 22.6 Å². The summed E-state index contributed by atoms with van der Waals surface area (Å²) in [5.74, 6) is 1.64. The van der Waals surface area contributed by atoms with Gasteiger partial charge in [-0.05, 0) is 12.8 Å². The summed E-state index contributed by atoms with van der Waals surface area (Å²) < 4.78 is 5.91. The summed E-state index contributed by atoms with van der Waals surface area (Å²) in [5, 5.41) is 8.66. The number of aromatic nitrogens is 1. The summed E-state index contributed by atoms with van der Waals surface area (Å²) in [6.07, 6.45) is 0. The van der Waals surface area contributed by atoms with Crippen molar-refractivity contribution in [2.24, 2.45) is 5.92 Å². The van der Waals surface area contributed by atoms with Crippen LogP contribution in [0.3, 0.4) is 0 Å². The van der Waals surface area contributed by atoms with E-state index in [4.69, 9.17) is 9.52 Å². The molecule has 0 aliphatic rings. The standard InChI is InChI=1S/C18H15NO2S.C4H10O/c1-13(20)12-22-18-19-16(14-8-4-2-5-9-14)17(21-18)15-10-6-3-7-11-15;1-4(2)3-5/h2-11H,12H2,1H3;4-5H,3H2,1-2H3. The average molecular weight is 384 g/mol. The maximum atomic E-state index is 11.2. The Kier molecular flexibility index (Phi) is 8.30. The number of aliphatic hydroxyl groups is 1. The van der Waals surface area contributed by atoms with Gasteiger partial charge in [-0.15, -0.1) is 0 Å². The summed E-state index contributed by atoms with van der Waals surface area (Å²) in [4.78, 5) is 15.7. The second-order valence-corrected chi connectivity index (χ2v) is 7.38. The number of rotatable bonds is 6. The number of hydrogen-bond donors (Lipinski definition) is 1. The van der Waals surface area contributed by atoms with E-state index in [1.165, 1.54) is 11.8 Å². The molecule has 0 saturated carbocycles. The van der Waals surface area contributed by atoms with Gasteiger partial charge in [-0.1, -0.05) is 86.3 Å². The number of carbonyl (C=O) groups excluding carboxylic acids is 1. The first-order valence-electron chi connectivity index (χ1n) is 8.86. The molecule has 0 bridgehead atoms. The minimum atomic E-state index is 0.103. The molecule has 0 fully saturated rings. The number of carbonyl (C=O) groups is 1. The molecule has 0 aliphatic carbocycles. The average Bonchev–Trinajstić information content (AvgIpc) is 3.12. The Morgan fingerprint density at radius 1 is 1.04 bits per heavy atom. The molecule has 1 heterocycles. The summed E-state index contributed by atoms with van der Waals surface area (Å²) in [6, 6.07) is 19.8. The van der Waals surface area contributed by atoms with Crippen LogP contribution >= 0.6 is 11.8 Å². The van der Waals surface area contributed by atoms with Gasteiger partial charge in [0.2, 0.25) is 0 Å². The fourth-order valence-electron chi connectivity index (χ4n) is 2.10. The monoisotopic (exact) mass is 383 g/mol. The molecule has 3 aromatic rings. The molecule has 0 aliphatic heterocycles. The lowest BCUT2D eigenvalue weighted by Gasteiger charge is -2.00. The number of benzene rings is 2. The van der Waals surface area contributed by atoms with Gasteiger partial charge in [0.05, 0.1) is 5.75 Å². The van der Waals surface area contributed by atoms with Crippen LogP contribution in [0.4, 0.5) is 0 Å². The van der Waals surface area contributed by atoms with Crippen LogP contribution in [-0.4, -0.2) is 28.2 Å². The van der Waals surface area contributed by atoms with E-state index in [1.807, 2.05) is 74.5 Å². The molecule has 3 rings (SSSR count). The van der Waals surface area contributed by atoms with Crippen molar-refractivity contribution in [3.05, 3.63) is 60.7 Å². The molecular formula is C22H25NO3S. The zero-order chi connectivity index (χ0) is 19.6. The molecule has 142 valence electrons. The number of nitrogens with zero attached hydrogens (tertiary/aromatic N) is 1. The van der Waals surface area contributed by atoms with Gasteiger partial charge in [-0.25, -0.2) is 4.98 Å². The van der Waals surface area contributed by atoms with Crippen LogP contribution in [-0.2, 0) is 4.79 Å². The fourth-order valence-corrected chi connectivity index (χ4v) is 2.73. The number of aliphatic hydroxyl groups excluding tert-OH is 1. The smallest absolute Gasteiger partial charge is 0.257 e. The Morgan fingerprint density at radius 3 is 2.04 bits per heavy atom. The first-order chi connectivity index (χ1) is 13.0. The molecule has 0 atom stereocenters. The highest BCUT2D eigenvalue weighted by molar-refractivity contribution is 7.99. The predicted molar refractivity (Wildman–Crippen MR) is 111 cm³/mol. The van der Waals surface area contributed by atoms with Crippen molar-refractivity contribution in [3.63, 3.8) is 0 Å². The zero-order valence-electron chi connectivity index (χ0n) is 15.9. The predicted octanol–water partition coefficient (Wildman–Crippen LogP) is 5.32. The van der Waals surface area contributed by atoms with E-state index in [-0.39, 0.29) is 5.78 Å². The number of Topliss-reactive ketones (excluding diaryl/α,β-unsaturated/α-hetero) is 1. The maximum Gasteiger partial charge on any atom is 0.257 e. The Labute approximate surface area is 164 Å². The molecule has 4 nitrogen and oxygen atoms in total. The third-order valence-electron chi connectivity index (χ3n) is 3.45. The van der Waals surface area contributed by atoms with Gasteiger partial charge in [0.1, 0.15) is 11.5 Å². The van der Waals surface area contributed by atoms with Gasteiger partial charge in [-0.2, -0.15) is 0 Å². The van der Waals surface area contributed by atoms with Crippen molar-refractivity contribution >= 4 is 17.5 Å². The molecule has 0 saturated heterocycles. The number of hydrogen-bond acceptors (Lipinski definition) is 5. The summed E-state index contributed by atoms with van der Waals surface area (Å²) in [6.45, 7) is 5.81. The largest absolute Gasteiger partial charge is 0.431 e. The van der Waals surface area contributed by atoms with E-state index >= 15 is 0 Å². The van der Waals surface area contributed by atoms with Crippen LogP contribution < -0.4 is 0 Å². The fraction of sp³-hybridized carbons (Fsp3) is 0.273. The van der Waals surface area contributed by atoms with E-state index < -0.39 is 0 Å². The van der Waals surface area contributed by atoms with Crippen molar-refractivity contribution in [2.45, 2.75) is 26.0 Å². The maximum absolute atomic E-state index is 11.2. The van der Waals surface area contributed by atoms with Crippen molar-refractivity contribution in [1.82, 2.24) is 4.98 Å². The number of oxazole rings is 1. The van der Waals surface area contributed by atoms with Crippen molar-refractivity contribution in [2.75, 3.05) is 12.4 Å².